The van der Waals surface area contributed by atoms with Crippen molar-refractivity contribution in [1.82, 2.24) is 15.8 Å². The van der Waals surface area contributed by atoms with Gasteiger partial charge in [0.1, 0.15) is 6.04 Å². The number of hydrogen-bond acceptors (Lipinski definition) is 4. The molecule has 36 heavy (non-hydrogen) atoms. The van der Waals surface area contributed by atoms with E-state index in [-0.39, 0.29) is 25.8 Å². The van der Waals surface area contributed by atoms with E-state index in [1.165, 1.54) is 0 Å². The van der Waals surface area contributed by atoms with E-state index in [2.05, 4.69) is 10.7 Å². The summed E-state index contributed by atoms with van der Waals surface area (Å²) in [5.74, 6) is -1.90. The Balaban J connectivity index is 1.70. The number of benzene rings is 3. The molecule has 3 aromatic carbocycles. The number of urea groups is 1. The van der Waals surface area contributed by atoms with E-state index in [0.29, 0.717) is 0 Å². The molecular weight excluding hydrogens is 458 g/mol. The van der Waals surface area contributed by atoms with Crippen LogP contribution in [-0.2, 0) is 27.3 Å². The third kappa shape index (κ3) is 7.98. The average molecular weight is 488 g/mol. The number of carbonyl (C=O) groups is 4. The van der Waals surface area contributed by atoms with Crippen LogP contribution >= 0.6 is 0 Å². The molecule has 5 amide bonds. The van der Waals surface area contributed by atoms with E-state index < -0.39 is 29.8 Å². The van der Waals surface area contributed by atoms with Crippen molar-refractivity contribution in [3.05, 3.63) is 96.1 Å². The predicted octanol–water partition coefficient (Wildman–Crippen LogP) is 2.26. The molecule has 1 atom stereocenters. The van der Waals surface area contributed by atoms with E-state index in [4.69, 9.17) is 11.5 Å². The first kappa shape index (κ1) is 26.0. The van der Waals surface area contributed by atoms with Crippen molar-refractivity contribution in [2.24, 2.45) is 11.5 Å². The van der Waals surface area contributed by atoms with Crippen LogP contribution in [0.1, 0.15) is 24.0 Å². The molecule has 0 aliphatic heterocycles. The van der Waals surface area contributed by atoms with Crippen molar-refractivity contribution >= 4 is 23.8 Å². The van der Waals surface area contributed by atoms with Gasteiger partial charge in [-0.3, -0.25) is 19.8 Å². The molecule has 3 rings (SSSR count). The summed E-state index contributed by atoms with van der Waals surface area (Å²) < 4.78 is 0. The molecule has 186 valence electrons. The largest absolute Gasteiger partial charge is 0.370 e. The topological polar surface area (TPSA) is 148 Å². The van der Waals surface area contributed by atoms with Gasteiger partial charge in [0.15, 0.2) is 0 Å². The number of nitrogens with two attached hydrogens (primary N) is 2. The predicted molar refractivity (Wildman–Crippen MR) is 136 cm³/mol. The van der Waals surface area contributed by atoms with E-state index in [9.17, 15) is 19.2 Å². The minimum Gasteiger partial charge on any atom is -0.370 e. The Morgan fingerprint density at radius 1 is 0.722 bits per heavy atom. The number of rotatable bonds is 10. The number of hydrazine groups is 1. The number of hydrogen-bond donors (Lipinski definition) is 4. The second-order valence-corrected chi connectivity index (χ2v) is 8.24. The number of amides is 5. The van der Waals surface area contributed by atoms with E-state index in [1.54, 1.807) is 24.3 Å². The summed E-state index contributed by atoms with van der Waals surface area (Å²) in [6.07, 6.45) is -0.165. The fraction of sp³-hybridized carbons (Fsp3) is 0.185. The Labute approximate surface area is 209 Å². The maximum Gasteiger partial charge on any atom is 0.337 e. The summed E-state index contributed by atoms with van der Waals surface area (Å²) in [5.41, 5.74) is 16.8. The molecule has 0 bridgehead atoms. The normalized spacial score (nSPS) is 11.2. The molecule has 0 aliphatic rings. The molecule has 3 aromatic rings. The van der Waals surface area contributed by atoms with Gasteiger partial charge in [0, 0.05) is 19.3 Å². The Hall–Kier alpha value is -4.66. The first-order valence-electron chi connectivity index (χ1n) is 11.4. The fourth-order valence-electron chi connectivity index (χ4n) is 3.52. The first-order chi connectivity index (χ1) is 17.3. The molecule has 0 radical (unpaired) electrons. The molecule has 9 nitrogen and oxygen atoms in total. The number of nitrogens with zero attached hydrogens (tertiary/aromatic N) is 1. The van der Waals surface area contributed by atoms with Crippen LogP contribution in [0, 0.1) is 0 Å². The fourth-order valence-corrected chi connectivity index (χ4v) is 3.52. The molecule has 6 N–H and O–H groups in total. The number of carbonyl (C=O) groups excluding carboxylic acids is 4. The lowest BCUT2D eigenvalue weighted by Gasteiger charge is -2.26. The minimum absolute atomic E-state index is 0.0340. The summed E-state index contributed by atoms with van der Waals surface area (Å²) >= 11 is 0. The van der Waals surface area contributed by atoms with Gasteiger partial charge in [0.2, 0.25) is 17.7 Å². The van der Waals surface area contributed by atoms with Crippen LogP contribution in [0.4, 0.5) is 4.79 Å². The highest BCUT2D eigenvalue weighted by Crippen LogP contribution is 2.19. The zero-order valence-electron chi connectivity index (χ0n) is 19.7. The number of primary amides is 2. The Morgan fingerprint density at radius 3 is 1.89 bits per heavy atom. The second-order valence-electron chi connectivity index (χ2n) is 8.24. The Morgan fingerprint density at radius 2 is 1.31 bits per heavy atom. The SMILES string of the molecule is NC(=O)CCC(=O)NN(Cc1ccccc1)C(=O)N[C@@H](Cc1ccc(-c2ccccc2)cc1)C(N)=O. The van der Waals surface area contributed by atoms with Crippen LogP contribution in [0.15, 0.2) is 84.9 Å². The molecule has 0 saturated carbocycles. The maximum atomic E-state index is 13.1. The highest BCUT2D eigenvalue weighted by Gasteiger charge is 2.24. The lowest BCUT2D eigenvalue weighted by molar-refractivity contribution is -0.127. The monoisotopic (exact) mass is 487 g/mol. The van der Waals surface area contributed by atoms with Gasteiger partial charge >= 0.3 is 6.03 Å². The summed E-state index contributed by atoms with van der Waals surface area (Å²) in [6.45, 7) is 0.0340. The van der Waals surface area contributed by atoms with Gasteiger partial charge in [-0.2, -0.15) is 0 Å². The van der Waals surface area contributed by atoms with E-state index in [1.807, 2.05) is 60.7 Å². The van der Waals surface area contributed by atoms with E-state index in [0.717, 1.165) is 27.3 Å². The zero-order chi connectivity index (χ0) is 25.9. The molecule has 0 saturated heterocycles. The standard InChI is InChI=1S/C27H29N5O4/c28-24(33)15-16-25(34)31-32(18-20-7-3-1-4-8-20)27(36)30-23(26(29)35)17-19-11-13-22(14-12-19)21-9-5-2-6-10-21/h1-14,23H,15-18H2,(H2,28,33)(H2,29,35)(H,30,36)(H,31,34)/t23-/m0/s1. The van der Waals surface area contributed by atoms with Gasteiger partial charge in [0.25, 0.3) is 0 Å². The third-order valence-electron chi connectivity index (χ3n) is 5.43. The van der Waals surface area contributed by atoms with Crippen LogP contribution in [0.5, 0.6) is 0 Å². The lowest BCUT2D eigenvalue weighted by atomic mass is 10.0. The van der Waals surface area contributed by atoms with Gasteiger partial charge < -0.3 is 16.8 Å². The van der Waals surface area contributed by atoms with Crippen LogP contribution in [0.2, 0.25) is 0 Å². The van der Waals surface area contributed by atoms with Crippen LogP contribution < -0.4 is 22.2 Å². The van der Waals surface area contributed by atoms with Gasteiger partial charge in [-0.1, -0.05) is 84.9 Å². The molecule has 0 spiro atoms. The smallest absolute Gasteiger partial charge is 0.337 e. The minimum atomic E-state index is -1.01. The van der Waals surface area contributed by atoms with Crippen LogP contribution in [-0.4, -0.2) is 34.8 Å². The Kier molecular flexibility index (Phi) is 9.16. The zero-order valence-corrected chi connectivity index (χ0v) is 19.7. The molecule has 0 aliphatic carbocycles. The first-order valence-corrected chi connectivity index (χ1v) is 11.4. The average Bonchev–Trinajstić information content (AvgIpc) is 2.88. The third-order valence-corrected chi connectivity index (χ3v) is 5.43. The summed E-state index contributed by atoms with van der Waals surface area (Å²) in [5, 5.41) is 3.66. The molecule has 0 heterocycles. The molecular formula is C27H29N5O4. The molecule has 0 unspecified atom stereocenters. The van der Waals surface area contributed by atoms with Crippen LogP contribution in [0.3, 0.4) is 0 Å². The van der Waals surface area contributed by atoms with Gasteiger partial charge in [0.05, 0.1) is 6.54 Å². The van der Waals surface area contributed by atoms with Crippen LogP contribution in [0.25, 0.3) is 11.1 Å². The molecule has 0 aromatic heterocycles. The summed E-state index contributed by atoms with van der Waals surface area (Å²) in [6, 6.07) is 24.7. The van der Waals surface area contributed by atoms with Crippen molar-refractivity contribution in [1.29, 1.82) is 0 Å². The molecule has 9 heteroatoms. The van der Waals surface area contributed by atoms with Gasteiger partial charge in [-0.25, -0.2) is 9.80 Å². The number of nitrogens with one attached hydrogen (secondary N) is 2. The Bertz CT molecular complexity index is 1180. The van der Waals surface area contributed by atoms with Gasteiger partial charge in [-0.05, 0) is 22.3 Å². The lowest BCUT2D eigenvalue weighted by Crippen LogP contribution is -2.55. The highest BCUT2D eigenvalue weighted by atomic mass is 16.2. The second kappa shape index (κ2) is 12.7. The highest BCUT2D eigenvalue weighted by molar-refractivity contribution is 5.88. The summed E-state index contributed by atoms with van der Waals surface area (Å²) in [7, 11) is 0. The van der Waals surface area contributed by atoms with Crippen molar-refractivity contribution in [3.63, 3.8) is 0 Å². The maximum absolute atomic E-state index is 13.1. The quantitative estimate of drug-likeness (QED) is 0.325. The van der Waals surface area contributed by atoms with Crippen molar-refractivity contribution in [3.8, 4) is 11.1 Å². The molecule has 0 fully saturated rings. The summed E-state index contributed by atoms with van der Waals surface area (Å²) in [4.78, 5) is 48.5. The van der Waals surface area contributed by atoms with Crippen molar-refractivity contribution in [2.75, 3.05) is 0 Å². The van der Waals surface area contributed by atoms with E-state index >= 15 is 0 Å². The van der Waals surface area contributed by atoms with Crippen molar-refractivity contribution in [2.45, 2.75) is 31.8 Å². The van der Waals surface area contributed by atoms with Gasteiger partial charge in [-0.15, -0.1) is 0 Å². The van der Waals surface area contributed by atoms with Crippen molar-refractivity contribution < 1.29 is 19.2 Å².